The van der Waals surface area contributed by atoms with E-state index in [-0.39, 0.29) is 0 Å². The van der Waals surface area contributed by atoms with Crippen LogP contribution in [-0.4, -0.2) is 9.97 Å². The second kappa shape index (κ2) is 5.40. The monoisotopic (exact) mass is 351 g/mol. The molecule has 0 fully saturated rings. The molecule has 0 aliphatic heterocycles. The molecule has 17 heavy (non-hydrogen) atoms. The van der Waals surface area contributed by atoms with Crippen LogP contribution in [0.3, 0.4) is 0 Å². The Bertz CT molecular complexity index is 562. The Morgan fingerprint density at radius 1 is 1.06 bits per heavy atom. The molecule has 1 N–H and O–H groups in total. The van der Waals surface area contributed by atoms with E-state index >= 15 is 0 Å². The SMILES string of the molecule is Clc1ccc(Nc2ncnc(Cl)c2Br)cc1Cl. The average Bonchev–Trinajstić information content (AvgIpc) is 2.30. The van der Waals surface area contributed by atoms with Crippen molar-refractivity contribution in [2.75, 3.05) is 5.32 Å². The maximum absolute atomic E-state index is 5.91. The van der Waals surface area contributed by atoms with E-state index in [1.807, 2.05) is 0 Å². The minimum atomic E-state index is 0.336. The van der Waals surface area contributed by atoms with Crippen LogP contribution in [0.5, 0.6) is 0 Å². The first kappa shape index (κ1) is 12.9. The van der Waals surface area contributed by atoms with Crippen molar-refractivity contribution in [3.63, 3.8) is 0 Å². The van der Waals surface area contributed by atoms with Gasteiger partial charge in [0.25, 0.3) is 0 Å². The van der Waals surface area contributed by atoms with Gasteiger partial charge in [-0.3, -0.25) is 0 Å². The number of nitrogens with one attached hydrogen (secondary N) is 1. The molecule has 2 aromatic rings. The molecule has 1 aromatic carbocycles. The summed E-state index contributed by atoms with van der Waals surface area (Å²) in [6.45, 7) is 0. The van der Waals surface area contributed by atoms with Crippen molar-refractivity contribution in [2.45, 2.75) is 0 Å². The fourth-order valence-corrected chi connectivity index (χ4v) is 1.88. The molecule has 0 saturated carbocycles. The van der Waals surface area contributed by atoms with Gasteiger partial charge in [0.05, 0.1) is 14.5 Å². The Balaban J connectivity index is 2.31. The lowest BCUT2D eigenvalue weighted by Crippen LogP contribution is -1.96. The summed E-state index contributed by atoms with van der Waals surface area (Å²) >= 11 is 20.9. The Labute approximate surface area is 121 Å². The molecule has 0 spiro atoms. The van der Waals surface area contributed by atoms with Gasteiger partial charge in [0.2, 0.25) is 0 Å². The summed E-state index contributed by atoms with van der Waals surface area (Å²) in [5.74, 6) is 0.559. The van der Waals surface area contributed by atoms with Gasteiger partial charge in [-0.2, -0.15) is 0 Å². The minimum absolute atomic E-state index is 0.336. The molecular formula is C10H5BrCl3N3. The number of anilines is 2. The van der Waals surface area contributed by atoms with Gasteiger partial charge in [-0.1, -0.05) is 34.8 Å². The molecule has 0 aliphatic rings. The Hall–Kier alpha value is -0.550. The molecule has 0 amide bonds. The van der Waals surface area contributed by atoms with E-state index in [4.69, 9.17) is 34.8 Å². The second-order valence-corrected chi connectivity index (χ2v) is 5.05. The number of nitrogens with zero attached hydrogens (tertiary/aromatic N) is 2. The predicted octanol–water partition coefficient (Wildman–Crippen LogP) is 4.94. The average molecular weight is 353 g/mol. The fourth-order valence-electron chi connectivity index (χ4n) is 1.15. The van der Waals surface area contributed by atoms with Crippen LogP contribution in [0, 0.1) is 0 Å². The van der Waals surface area contributed by atoms with E-state index in [0.717, 1.165) is 5.69 Å². The van der Waals surface area contributed by atoms with Gasteiger partial charge in [0.1, 0.15) is 17.3 Å². The highest BCUT2D eigenvalue weighted by atomic mass is 79.9. The van der Waals surface area contributed by atoms with E-state index in [9.17, 15) is 0 Å². The number of benzene rings is 1. The third-order valence-electron chi connectivity index (χ3n) is 1.93. The van der Waals surface area contributed by atoms with E-state index in [1.165, 1.54) is 6.33 Å². The van der Waals surface area contributed by atoms with Gasteiger partial charge < -0.3 is 5.32 Å². The molecule has 0 atom stereocenters. The summed E-state index contributed by atoms with van der Waals surface area (Å²) in [6.07, 6.45) is 1.37. The van der Waals surface area contributed by atoms with E-state index in [2.05, 4.69) is 31.2 Å². The zero-order valence-corrected chi connectivity index (χ0v) is 12.1. The zero-order chi connectivity index (χ0) is 12.4. The van der Waals surface area contributed by atoms with Crippen LogP contribution >= 0.6 is 50.7 Å². The summed E-state index contributed by atoms with van der Waals surface area (Å²) < 4.78 is 0.590. The Morgan fingerprint density at radius 3 is 2.53 bits per heavy atom. The first-order valence-corrected chi connectivity index (χ1v) is 6.38. The van der Waals surface area contributed by atoms with Crippen molar-refractivity contribution < 1.29 is 0 Å². The lowest BCUT2D eigenvalue weighted by molar-refractivity contribution is 1.15. The molecule has 0 unspecified atom stereocenters. The molecule has 0 radical (unpaired) electrons. The Kier molecular flexibility index (Phi) is 4.09. The van der Waals surface area contributed by atoms with Crippen LogP contribution in [0.1, 0.15) is 0 Å². The van der Waals surface area contributed by atoms with Crippen LogP contribution in [0.15, 0.2) is 29.0 Å². The number of rotatable bonds is 2. The second-order valence-electron chi connectivity index (χ2n) is 3.08. The first-order valence-electron chi connectivity index (χ1n) is 4.46. The summed E-state index contributed by atoms with van der Waals surface area (Å²) in [7, 11) is 0. The third kappa shape index (κ3) is 3.01. The maximum atomic E-state index is 5.91. The maximum Gasteiger partial charge on any atom is 0.149 e. The molecular weight excluding hydrogens is 348 g/mol. The Morgan fingerprint density at radius 2 is 1.82 bits per heavy atom. The largest absolute Gasteiger partial charge is 0.339 e. The summed E-state index contributed by atoms with van der Waals surface area (Å²) in [4.78, 5) is 7.89. The number of halogens is 4. The van der Waals surface area contributed by atoms with E-state index in [0.29, 0.717) is 25.5 Å². The lowest BCUT2D eigenvalue weighted by atomic mass is 10.3. The highest BCUT2D eigenvalue weighted by molar-refractivity contribution is 9.10. The lowest BCUT2D eigenvalue weighted by Gasteiger charge is -2.08. The highest BCUT2D eigenvalue weighted by Crippen LogP contribution is 2.31. The quantitative estimate of drug-likeness (QED) is 0.777. The van der Waals surface area contributed by atoms with Gasteiger partial charge in [-0.25, -0.2) is 9.97 Å². The molecule has 7 heteroatoms. The van der Waals surface area contributed by atoms with Crippen molar-refractivity contribution in [3.05, 3.63) is 44.2 Å². The topological polar surface area (TPSA) is 37.8 Å². The van der Waals surface area contributed by atoms with Gasteiger partial charge in [0.15, 0.2) is 0 Å². The zero-order valence-electron chi connectivity index (χ0n) is 8.22. The molecule has 0 aliphatic carbocycles. The minimum Gasteiger partial charge on any atom is -0.339 e. The molecule has 0 saturated heterocycles. The van der Waals surface area contributed by atoms with Crippen LogP contribution in [0.4, 0.5) is 11.5 Å². The van der Waals surface area contributed by atoms with E-state index in [1.54, 1.807) is 18.2 Å². The van der Waals surface area contributed by atoms with Crippen molar-refractivity contribution in [1.29, 1.82) is 0 Å². The normalized spacial score (nSPS) is 10.4. The van der Waals surface area contributed by atoms with Gasteiger partial charge in [0, 0.05) is 5.69 Å². The van der Waals surface area contributed by atoms with Crippen LogP contribution in [-0.2, 0) is 0 Å². The van der Waals surface area contributed by atoms with Crippen molar-refractivity contribution in [2.24, 2.45) is 0 Å². The van der Waals surface area contributed by atoms with Crippen LogP contribution in [0.2, 0.25) is 15.2 Å². The summed E-state index contributed by atoms with van der Waals surface area (Å²) in [5.41, 5.74) is 0.759. The van der Waals surface area contributed by atoms with Gasteiger partial charge in [-0.05, 0) is 34.1 Å². The van der Waals surface area contributed by atoms with Gasteiger partial charge >= 0.3 is 0 Å². The van der Waals surface area contributed by atoms with Crippen LogP contribution < -0.4 is 5.32 Å². The molecule has 1 aromatic heterocycles. The first-order chi connectivity index (χ1) is 8.08. The number of hydrogen-bond acceptors (Lipinski definition) is 3. The molecule has 1 heterocycles. The van der Waals surface area contributed by atoms with E-state index < -0.39 is 0 Å². The third-order valence-corrected chi connectivity index (χ3v) is 3.93. The summed E-state index contributed by atoms with van der Waals surface area (Å²) in [6, 6.07) is 5.19. The standard InChI is InChI=1S/C10H5BrCl3N3/c11-8-9(14)15-4-16-10(8)17-5-1-2-6(12)7(13)3-5/h1-4H,(H,15,16,17). The fraction of sp³-hybridized carbons (Fsp3) is 0. The van der Waals surface area contributed by atoms with Gasteiger partial charge in [-0.15, -0.1) is 0 Å². The molecule has 2 rings (SSSR count). The molecule has 0 bridgehead atoms. The summed E-state index contributed by atoms with van der Waals surface area (Å²) in [5, 5.41) is 4.35. The van der Waals surface area contributed by atoms with Crippen molar-refractivity contribution >= 4 is 62.2 Å². The predicted molar refractivity (Wildman–Crippen MR) is 74.5 cm³/mol. The smallest absolute Gasteiger partial charge is 0.149 e. The molecule has 3 nitrogen and oxygen atoms in total. The van der Waals surface area contributed by atoms with Crippen LogP contribution in [0.25, 0.3) is 0 Å². The van der Waals surface area contributed by atoms with Crippen molar-refractivity contribution in [1.82, 2.24) is 9.97 Å². The highest BCUT2D eigenvalue weighted by Gasteiger charge is 2.07. The molecule has 88 valence electrons. The number of hydrogen-bond donors (Lipinski definition) is 1. The number of aromatic nitrogens is 2. The van der Waals surface area contributed by atoms with Crippen molar-refractivity contribution in [3.8, 4) is 0 Å².